The lowest BCUT2D eigenvalue weighted by molar-refractivity contribution is -0.394. The molecule has 11 heteroatoms. The van der Waals surface area contributed by atoms with Gasteiger partial charge >= 0.3 is 5.95 Å². The van der Waals surface area contributed by atoms with E-state index in [1.165, 1.54) is 15.7 Å². The van der Waals surface area contributed by atoms with Crippen LogP contribution in [0.5, 0.6) is 0 Å². The molecule has 0 aliphatic carbocycles. The fourth-order valence-corrected chi connectivity index (χ4v) is 1.83. The van der Waals surface area contributed by atoms with Crippen LogP contribution in [0.15, 0.2) is 18.6 Å². The third-order valence-electron chi connectivity index (χ3n) is 2.91. The molecule has 0 aliphatic heterocycles. The maximum absolute atomic E-state index is 11.9. The van der Waals surface area contributed by atoms with Gasteiger partial charge in [-0.2, -0.15) is 9.78 Å². The molecule has 1 N–H and O–H groups in total. The standard InChI is InChI=1S/C13H19N7O4/c1-10(2)24-7-3-5-14-12(21)11-4-6-18(16-11)9-19-8-15-13(17-19)20(22)23/h4,6,8,10H,3,5,7,9H2,1-2H3,(H,14,21). The van der Waals surface area contributed by atoms with Gasteiger partial charge in [-0.15, -0.1) is 0 Å². The first-order valence-corrected chi connectivity index (χ1v) is 7.43. The second kappa shape index (κ2) is 8.15. The van der Waals surface area contributed by atoms with Crippen molar-refractivity contribution in [3.8, 4) is 0 Å². The average molecular weight is 337 g/mol. The zero-order valence-corrected chi connectivity index (χ0v) is 13.5. The van der Waals surface area contributed by atoms with Crippen LogP contribution in [0.4, 0.5) is 5.95 Å². The Hall–Kier alpha value is -2.82. The number of carbonyl (C=O) groups excluding carboxylic acids is 1. The molecule has 11 nitrogen and oxygen atoms in total. The van der Waals surface area contributed by atoms with Gasteiger partial charge in [-0.3, -0.25) is 4.79 Å². The van der Waals surface area contributed by atoms with E-state index >= 15 is 0 Å². The van der Waals surface area contributed by atoms with Gasteiger partial charge in [0.2, 0.25) is 6.33 Å². The number of carbonyl (C=O) groups is 1. The van der Waals surface area contributed by atoms with Crippen LogP contribution >= 0.6 is 0 Å². The molecule has 24 heavy (non-hydrogen) atoms. The monoisotopic (exact) mass is 337 g/mol. The minimum absolute atomic E-state index is 0.121. The number of ether oxygens (including phenoxy) is 1. The molecule has 0 bridgehead atoms. The van der Waals surface area contributed by atoms with Crippen LogP contribution in [0.3, 0.4) is 0 Å². The van der Waals surface area contributed by atoms with E-state index in [0.29, 0.717) is 19.6 Å². The van der Waals surface area contributed by atoms with Crippen LogP contribution in [-0.4, -0.2) is 54.6 Å². The quantitative estimate of drug-likeness (QED) is 0.399. The molecule has 1 amide bonds. The number of nitro groups is 1. The molecule has 0 saturated carbocycles. The summed E-state index contributed by atoms with van der Waals surface area (Å²) in [6, 6.07) is 1.56. The Bertz CT molecular complexity index is 694. The van der Waals surface area contributed by atoms with Gasteiger partial charge in [0.1, 0.15) is 5.69 Å². The third-order valence-corrected chi connectivity index (χ3v) is 2.91. The highest BCUT2D eigenvalue weighted by Crippen LogP contribution is 2.01. The van der Waals surface area contributed by atoms with Crippen molar-refractivity contribution >= 4 is 11.9 Å². The summed E-state index contributed by atoms with van der Waals surface area (Å²) in [6.07, 6.45) is 3.70. The van der Waals surface area contributed by atoms with Gasteiger partial charge in [-0.1, -0.05) is 4.98 Å². The van der Waals surface area contributed by atoms with Crippen molar-refractivity contribution in [2.45, 2.75) is 33.0 Å². The lowest BCUT2D eigenvalue weighted by atomic mass is 10.4. The van der Waals surface area contributed by atoms with Gasteiger partial charge in [-0.25, -0.2) is 4.68 Å². The van der Waals surface area contributed by atoms with Crippen LogP contribution in [0, 0.1) is 10.1 Å². The van der Waals surface area contributed by atoms with Gasteiger partial charge in [0, 0.05) is 24.4 Å². The molecule has 2 heterocycles. The molecular formula is C13H19N7O4. The summed E-state index contributed by atoms with van der Waals surface area (Å²) in [6.45, 7) is 5.10. The predicted octanol–water partition coefficient (Wildman–Crippen LogP) is 0.433. The molecule has 0 spiro atoms. The first-order chi connectivity index (χ1) is 11.5. The van der Waals surface area contributed by atoms with Crippen molar-refractivity contribution in [2.24, 2.45) is 0 Å². The Balaban J connectivity index is 1.81. The Kier molecular flexibility index (Phi) is 5.95. The van der Waals surface area contributed by atoms with Crippen LogP contribution < -0.4 is 5.32 Å². The van der Waals surface area contributed by atoms with Gasteiger partial charge in [0.05, 0.1) is 6.10 Å². The molecule has 0 atom stereocenters. The number of hydrogen-bond acceptors (Lipinski definition) is 7. The normalized spacial score (nSPS) is 11.0. The van der Waals surface area contributed by atoms with E-state index in [2.05, 4.69) is 20.5 Å². The minimum Gasteiger partial charge on any atom is -0.390 e. The van der Waals surface area contributed by atoms with Crippen molar-refractivity contribution in [1.82, 2.24) is 29.9 Å². The number of rotatable bonds is 9. The second-order valence-electron chi connectivity index (χ2n) is 5.25. The summed E-state index contributed by atoms with van der Waals surface area (Å²) >= 11 is 0. The highest BCUT2D eigenvalue weighted by molar-refractivity contribution is 5.92. The summed E-state index contributed by atoms with van der Waals surface area (Å²) in [5, 5.41) is 21.1. The predicted molar refractivity (Wildman–Crippen MR) is 82.3 cm³/mol. The second-order valence-corrected chi connectivity index (χ2v) is 5.25. The average Bonchev–Trinajstić information content (AvgIpc) is 3.16. The van der Waals surface area contributed by atoms with E-state index in [4.69, 9.17) is 4.74 Å². The van der Waals surface area contributed by atoms with Crippen molar-refractivity contribution in [1.29, 1.82) is 0 Å². The number of hydrogen-bond donors (Lipinski definition) is 1. The van der Waals surface area contributed by atoms with Gasteiger partial charge in [0.15, 0.2) is 6.67 Å². The Morgan fingerprint density at radius 3 is 2.88 bits per heavy atom. The lowest BCUT2D eigenvalue weighted by Gasteiger charge is -2.07. The summed E-state index contributed by atoms with van der Waals surface area (Å²) in [4.78, 5) is 25.3. The number of nitrogens with one attached hydrogen (secondary N) is 1. The van der Waals surface area contributed by atoms with Crippen LogP contribution in [0.1, 0.15) is 30.8 Å². The van der Waals surface area contributed by atoms with Crippen molar-refractivity contribution < 1.29 is 14.5 Å². The largest absolute Gasteiger partial charge is 0.491 e. The molecule has 130 valence electrons. The molecule has 0 saturated heterocycles. The summed E-state index contributed by atoms with van der Waals surface area (Å²) in [5.74, 6) is -0.772. The fourth-order valence-electron chi connectivity index (χ4n) is 1.83. The van der Waals surface area contributed by atoms with E-state index in [-0.39, 0.29) is 24.4 Å². The highest BCUT2D eigenvalue weighted by atomic mass is 16.6. The van der Waals surface area contributed by atoms with E-state index in [1.54, 1.807) is 12.3 Å². The fraction of sp³-hybridized carbons (Fsp3) is 0.538. The zero-order valence-electron chi connectivity index (χ0n) is 13.5. The maximum atomic E-state index is 11.9. The van der Waals surface area contributed by atoms with Crippen molar-refractivity contribution in [3.05, 3.63) is 34.4 Å². The number of aromatic nitrogens is 5. The van der Waals surface area contributed by atoms with Gasteiger partial charge in [-0.05, 0) is 31.3 Å². The van der Waals surface area contributed by atoms with E-state index in [1.807, 2.05) is 13.8 Å². The van der Waals surface area contributed by atoms with E-state index in [0.717, 1.165) is 0 Å². The zero-order chi connectivity index (χ0) is 17.5. The first-order valence-electron chi connectivity index (χ1n) is 7.43. The van der Waals surface area contributed by atoms with Crippen molar-refractivity contribution in [2.75, 3.05) is 13.2 Å². The Morgan fingerprint density at radius 1 is 1.42 bits per heavy atom. The summed E-state index contributed by atoms with van der Waals surface area (Å²) < 4.78 is 8.08. The maximum Gasteiger partial charge on any atom is 0.491 e. The minimum atomic E-state index is -0.679. The molecule has 2 aromatic heterocycles. The first kappa shape index (κ1) is 17.5. The molecular weight excluding hydrogens is 318 g/mol. The summed E-state index contributed by atoms with van der Waals surface area (Å²) in [5.41, 5.74) is 0.259. The molecule has 0 radical (unpaired) electrons. The van der Waals surface area contributed by atoms with E-state index in [9.17, 15) is 14.9 Å². The van der Waals surface area contributed by atoms with Crippen LogP contribution in [0.25, 0.3) is 0 Å². The lowest BCUT2D eigenvalue weighted by Crippen LogP contribution is -2.26. The van der Waals surface area contributed by atoms with Gasteiger partial charge in [0.25, 0.3) is 5.91 Å². The van der Waals surface area contributed by atoms with E-state index < -0.39 is 10.9 Å². The molecule has 2 rings (SSSR count). The van der Waals surface area contributed by atoms with Crippen LogP contribution in [0.2, 0.25) is 0 Å². The highest BCUT2D eigenvalue weighted by Gasteiger charge is 2.14. The van der Waals surface area contributed by atoms with Crippen molar-refractivity contribution in [3.63, 3.8) is 0 Å². The molecule has 0 aliphatic rings. The smallest absolute Gasteiger partial charge is 0.390 e. The number of nitrogens with zero attached hydrogens (tertiary/aromatic N) is 6. The van der Waals surface area contributed by atoms with Crippen LogP contribution in [-0.2, 0) is 11.4 Å². The molecule has 0 aromatic carbocycles. The summed E-state index contributed by atoms with van der Waals surface area (Å²) in [7, 11) is 0. The molecule has 0 unspecified atom stereocenters. The third kappa shape index (κ3) is 5.12. The Morgan fingerprint density at radius 2 is 2.21 bits per heavy atom. The van der Waals surface area contributed by atoms with Gasteiger partial charge < -0.3 is 20.2 Å². The molecule has 0 fully saturated rings. The SMILES string of the molecule is CC(C)OCCCNC(=O)c1ccn(Cn2cnc([N+](=O)[O-])n2)n1. The topological polar surface area (TPSA) is 130 Å². The molecule has 2 aromatic rings. The number of amides is 1. The Labute approximate surface area is 137 Å².